The Labute approximate surface area is 581 Å². The van der Waals surface area contributed by atoms with Crippen molar-refractivity contribution in [3.05, 3.63) is 0 Å². The van der Waals surface area contributed by atoms with Crippen LogP contribution in [0.15, 0.2) is 0 Å². The van der Waals surface area contributed by atoms with Gasteiger partial charge in [0.15, 0.2) is 12.2 Å². The molecule has 17 nitrogen and oxygen atoms in total. The summed E-state index contributed by atoms with van der Waals surface area (Å²) in [5.41, 5.74) is 0. The SMILES string of the molecule is CCC(C)CCCCCCCCCCCCCCCCCCCCC(=O)OC[C@H](COP(=O)(O)OCC(O)COP(=O)(O)OC[C@@H](COC(=O)CCCCCCCCCC(C)C)OC(=O)CCCCCCCCCCCCC(C)C)OC(=O)CCCCCCCCC(C)CC. The third kappa shape index (κ3) is 67.6. The lowest BCUT2D eigenvalue weighted by molar-refractivity contribution is -0.161. The van der Waals surface area contributed by atoms with E-state index in [2.05, 4.69) is 55.4 Å². The smallest absolute Gasteiger partial charge is 0.462 e. The lowest BCUT2D eigenvalue weighted by atomic mass is 9.99. The van der Waals surface area contributed by atoms with Crippen LogP contribution in [0.5, 0.6) is 0 Å². The largest absolute Gasteiger partial charge is 0.472 e. The van der Waals surface area contributed by atoms with Gasteiger partial charge in [0.25, 0.3) is 0 Å². The van der Waals surface area contributed by atoms with Gasteiger partial charge in [-0.2, -0.15) is 0 Å². The molecule has 0 aliphatic carbocycles. The summed E-state index contributed by atoms with van der Waals surface area (Å²) in [6.45, 7) is 14.1. The maximum atomic E-state index is 13.1. The predicted octanol–water partition coefficient (Wildman–Crippen LogP) is 22.0. The van der Waals surface area contributed by atoms with E-state index in [1.165, 1.54) is 180 Å². The van der Waals surface area contributed by atoms with Crippen LogP contribution in [0.4, 0.5) is 0 Å². The summed E-state index contributed by atoms with van der Waals surface area (Å²) in [5.74, 6) is 0.924. The highest BCUT2D eigenvalue weighted by atomic mass is 31.2. The van der Waals surface area contributed by atoms with Crippen molar-refractivity contribution >= 4 is 39.5 Å². The van der Waals surface area contributed by atoms with Crippen molar-refractivity contribution in [1.82, 2.24) is 0 Å². The van der Waals surface area contributed by atoms with Crippen molar-refractivity contribution in [2.75, 3.05) is 39.6 Å². The topological polar surface area (TPSA) is 237 Å². The minimum absolute atomic E-state index is 0.103. The molecule has 0 aliphatic rings. The summed E-state index contributed by atoms with van der Waals surface area (Å²) >= 11 is 0. The normalized spacial score (nSPS) is 14.7. The first-order chi connectivity index (χ1) is 45.7. The minimum atomic E-state index is -4.96. The molecule has 0 fully saturated rings. The molecule has 0 saturated heterocycles. The molecule has 0 bridgehead atoms. The van der Waals surface area contributed by atoms with Crippen LogP contribution in [-0.4, -0.2) is 96.7 Å². The Morgan fingerprint density at radius 1 is 0.295 bits per heavy atom. The molecule has 0 radical (unpaired) electrons. The third-order valence-electron chi connectivity index (χ3n) is 18.3. The molecule has 3 N–H and O–H groups in total. The first-order valence-electron chi connectivity index (χ1n) is 39.3. The molecular formula is C76H148O17P2. The molecule has 95 heavy (non-hydrogen) atoms. The fourth-order valence-electron chi connectivity index (χ4n) is 11.5. The zero-order chi connectivity index (χ0) is 70.3. The van der Waals surface area contributed by atoms with E-state index in [1.807, 2.05) is 0 Å². The number of phosphoric ester groups is 2. The number of aliphatic hydroxyl groups excluding tert-OH is 1. The van der Waals surface area contributed by atoms with Gasteiger partial charge in [-0.05, 0) is 49.4 Å². The van der Waals surface area contributed by atoms with Crippen molar-refractivity contribution in [3.8, 4) is 0 Å². The monoisotopic (exact) mass is 1400 g/mol. The molecule has 0 aromatic rings. The molecule has 564 valence electrons. The van der Waals surface area contributed by atoms with Crippen LogP contribution in [0.2, 0.25) is 0 Å². The number of rotatable bonds is 73. The molecule has 19 heteroatoms. The van der Waals surface area contributed by atoms with Crippen molar-refractivity contribution in [1.29, 1.82) is 0 Å². The van der Waals surface area contributed by atoms with Crippen LogP contribution < -0.4 is 0 Å². The van der Waals surface area contributed by atoms with E-state index in [4.69, 9.17) is 37.0 Å². The quantitative estimate of drug-likeness (QED) is 0.0222. The minimum Gasteiger partial charge on any atom is -0.462 e. The molecule has 0 rings (SSSR count). The second-order valence-electron chi connectivity index (χ2n) is 28.8. The maximum Gasteiger partial charge on any atom is 0.472 e. The van der Waals surface area contributed by atoms with E-state index >= 15 is 0 Å². The van der Waals surface area contributed by atoms with Gasteiger partial charge in [-0.15, -0.1) is 0 Å². The number of phosphoric acid groups is 2. The van der Waals surface area contributed by atoms with Crippen LogP contribution in [0, 0.1) is 23.7 Å². The van der Waals surface area contributed by atoms with Crippen LogP contribution in [0.1, 0.15) is 383 Å². The number of esters is 4. The van der Waals surface area contributed by atoms with Crippen LogP contribution in [-0.2, 0) is 65.4 Å². The van der Waals surface area contributed by atoms with Crippen LogP contribution >= 0.6 is 15.6 Å². The first kappa shape index (κ1) is 93.1. The summed E-state index contributed by atoms with van der Waals surface area (Å²) < 4.78 is 68.4. The Bertz CT molecular complexity index is 1870. The number of ether oxygens (including phenoxy) is 4. The fraction of sp³-hybridized carbons (Fsp3) is 0.947. The number of aliphatic hydroxyl groups is 1. The average molecular weight is 1400 g/mol. The van der Waals surface area contributed by atoms with E-state index < -0.39 is 97.5 Å². The van der Waals surface area contributed by atoms with E-state index in [0.717, 1.165) is 114 Å². The summed E-state index contributed by atoms with van der Waals surface area (Å²) in [5, 5.41) is 10.6. The van der Waals surface area contributed by atoms with Gasteiger partial charge >= 0.3 is 39.5 Å². The molecule has 0 saturated carbocycles. The predicted molar refractivity (Wildman–Crippen MR) is 386 cm³/mol. The lowest BCUT2D eigenvalue weighted by Gasteiger charge is -2.21. The van der Waals surface area contributed by atoms with Gasteiger partial charge in [0, 0.05) is 25.7 Å². The number of carbonyl (C=O) groups excluding carboxylic acids is 4. The number of carbonyl (C=O) groups is 4. The summed E-state index contributed by atoms with van der Waals surface area (Å²) in [7, 11) is -9.91. The molecule has 0 aliphatic heterocycles. The Hall–Kier alpha value is -1.94. The highest BCUT2D eigenvalue weighted by Gasteiger charge is 2.30. The molecule has 0 spiro atoms. The van der Waals surface area contributed by atoms with Gasteiger partial charge < -0.3 is 33.8 Å². The van der Waals surface area contributed by atoms with E-state index in [0.29, 0.717) is 31.6 Å². The van der Waals surface area contributed by atoms with Gasteiger partial charge in [0.05, 0.1) is 26.4 Å². The fourth-order valence-corrected chi connectivity index (χ4v) is 13.1. The summed E-state index contributed by atoms with van der Waals surface area (Å²) in [4.78, 5) is 72.7. The average Bonchev–Trinajstić information content (AvgIpc) is 1.89. The zero-order valence-corrected chi connectivity index (χ0v) is 64.1. The van der Waals surface area contributed by atoms with Gasteiger partial charge in [-0.3, -0.25) is 37.3 Å². The molecule has 0 aromatic carbocycles. The molecular weight excluding hydrogens is 1250 g/mol. The van der Waals surface area contributed by atoms with E-state index in [-0.39, 0.29) is 25.7 Å². The van der Waals surface area contributed by atoms with Crippen molar-refractivity contribution in [3.63, 3.8) is 0 Å². The van der Waals surface area contributed by atoms with Crippen molar-refractivity contribution in [2.24, 2.45) is 23.7 Å². The van der Waals surface area contributed by atoms with Gasteiger partial charge in [0.1, 0.15) is 19.3 Å². The first-order valence-corrected chi connectivity index (χ1v) is 42.3. The summed E-state index contributed by atoms with van der Waals surface area (Å²) in [6, 6.07) is 0. The van der Waals surface area contributed by atoms with Crippen LogP contribution in [0.25, 0.3) is 0 Å². The second-order valence-corrected chi connectivity index (χ2v) is 31.7. The molecule has 7 atom stereocenters. The lowest BCUT2D eigenvalue weighted by Crippen LogP contribution is -2.30. The van der Waals surface area contributed by atoms with Crippen molar-refractivity contribution < 1.29 is 80.2 Å². The Balaban J connectivity index is 5.13. The van der Waals surface area contributed by atoms with E-state index in [9.17, 15) is 43.2 Å². The highest BCUT2D eigenvalue weighted by molar-refractivity contribution is 7.47. The summed E-state index contributed by atoms with van der Waals surface area (Å²) in [6.07, 6.45) is 50.2. The molecule has 0 aromatic heterocycles. The number of unbranched alkanes of at least 4 members (excludes halogenated alkanes) is 37. The van der Waals surface area contributed by atoms with Gasteiger partial charge in [-0.1, -0.05) is 331 Å². The third-order valence-corrected chi connectivity index (χ3v) is 20.2. The highest BCUT2D eigenvalue weighted by Crippen LogP contribution is 2.45. The standard InChI is InChI=1S/C76H148O17P2/c1-9-68(7)54-46-38-30-24-19-17-15-13-11-12-14-16-18-20-25-31-40-48-56-73(78)86-63-72(93-76(81)59-51-43-35-34-39-47-55-69(8)10-2)65-91-95(84,85)89-61-70(77)60-88-94(82,83)90-64-71(62-87-74(79)57-49-41-33-27-29-37-45-53-67(5)6)92-75(80)58-50-42-32-26-22-21-23-28-36-44-52-66(3)4/h66-72,77H,9-65H2,1-8H3,(H,82,83)(H,84,85)/t68?,69?,70?,71-,72-/m1/s1. The molecule has 0 amide bonds. The number of hydrogen-bond acceptors (Lipinski definition) is 15. The van der Waals surface area contributed by atoms with Crippen molar-refractivity contribution in [2.45, 2.75) is 401 Å². The Kier molecular flexibility index (Phi) is 64.0. The van der Waals surface area contributed by atoms with Gasteiger partial charge in [0.2, 0.25) is 0 Å². The Morgan fingerprint density at radius 3 is 0.747 bits per heavy atom. The molecule has 5 unspecified atom stereocenters. The maximum absolute atomic E-state index is 13.1. The zero-order valence-electron chi connectivity index (χ0n) is 62.3. The van der Waals surface area contributed by atoms with Crippen LogP contribution in [0.3, 0.4) is 0 Å². The van der Waals surface area contributed by atoms with Gasteiger partial charge in [-0.25, -0.2) is 9.13 Å². The molecule has 0 heterocycles. The second kappa shape index (κ2) is 65.4. The van der Waals surface area contributed by atoms with E-state index in [1.54, 1.807) is 0 Å². The number of hydrogen-bond donors (Lipinski definition) is 3. The Morgan fingerprint density at radius 2 is 0.505 bits per heavy atom.